The molecule has 78 valence electrons. The summed E-state index contributed by atoms with van der Waals surface area (Å²) in [5.74, 6) is 0.679. The number of nitrogens with zero attached hydrogens (tertiary/aromatic N) is 1. The summed E-state index contributed by atoms with van der Waals surface area (Å²) in [5.41, 5.74) is 3.02. The number of hydrogen-bond acceptors (Lipinski definition) is 4. The van der Waals surface area contributed by atoms with Crippen LogP contribution in [0.25, 0.3) is 0 Å². The first-order chi connectivity index (χ1) is 6.75. The maximum atomic E-state index is 9.11. The summed E-state index contributed by atoms with van der Waals surface area (Å²) in [5, 5.41) is 12.5. The maximum Gasteiger partial charge on any atom is 0.0798 e. The van der Waals surface area contributed by atoms with Crippen molar-refractivity contribution in [3.63, 3.8) is 0 Å². The van der Waals surface area contributed by atoms with Crippen molar-refractivity contribution >= 4 is 11.3 Å². The van der Waals surface area contributed by atoms with Crippen molar-refractivity contribution < 1.29 is 5.11 Å². The van der Waals surface area contributed by atoms with Crippen LogP contribution < -0.4 is 5.32 Å². The van der Waals surface area contributed by atoms with E-state index in [2.05, 4.69) is 10.3 Å². The summed E-state index contributed by atoms with van der Waals surface area (Å²) in [6.45, 7) is 3.98. The highest BCUT2D eigenvalue weighted by atomic mass is 32.1. The Morgan fingerprint density at radius 2 is 2.43 bits per heavy atom. The van der Waals surface area contributed by atoms with E-state index in [1.807, 2.05) is 12.4 Å². The van der Waals surface area contributed by atoms with Crippen LogP contribution in [0, 0.1) is 12.8 Å². The fourth-order valence-corrected chi connectivity index (χ4v) is 2.50. The van der Waals surface area contributed by atoms with Gasteiger partial charge < -0.3 is 10.4 Å². The predicted octanol–water partition coefficient (Wildman–Crippen LogP) is 1.31. The van der Waals surface area contributed by atoms with Crippen LogP contribution >= 0.6 is 11.3 Å². The van der Waals surface area contributed by atoms with Crippen molar-refractivity contribution in [3.8, 4) is 0 Å². The lowest BCUT2D eigenvalue weighted by molar-refractivity contribution is 0.0430. The third-order valence-electron chi connectivity index (χ3n) is 2.77. The molecule has 0 radical (unpaired) electrons. The van der Waals surface area contributed by atoms with Gasteiger partial charge in [0.2, 0.25) is 0 Å². The molecule has 0 amide bonds. The van der Waals surface area contributed by atoms with E-state index in [9.17, 15) is 0 Å². The molecule has 0 atom stereocenters. The zero-order chi connectivity index (χ0) is 9.97. The number of hydrogen-bond donors (Lipinski definition) is 2. The lowest BCUT2D eigenvalue weighted by atomic mass is 9.82. The molecule has 1 aliphatic rings. The zero-order valence-electron chi connectivity index (χ0n) is 8.36. The van der Waals surface area contributed by atoms with E-state index < -0.39 is 0 Å². The first-order valence-electron chi connectivity index (χ1n) is 5.03. The smallest absolute Gasteiger partial charge is 0.0798 e. The van der Waals surface area contributed by atoms with E-state index in [0.717, 1.165) is 31.6 Å². The van der Waals surface area contributed by atoms with Crippen LogP contribution in [0.15, 0.2) is 5.51 Å². The summed E-state index contributed by atoms with van der Waals surface area (Å²) >= 11 is 1.70. The van der Waals surface area contributed by atoms with Crippen molar-refractivity contribution in [2.75, 3.05) is 6.54 Å². The molecule has 1 fully saturated rings. The van der Waals surface area contributed by atoms with Gasteiger partial charge in [-0.2, -0.15) is 0 Å². The van der Waals surface area contributed by atoms with Gasteiger partial charge in [0.15, 0.2) is 0 Å². The van der Waals surface area contributed by atoms with Gasteiger partial charge in [0, 0.05) is 11.4 Å². The average molecular weight is 212 g/mol. The quantitative estimate of drug-likeness (QED) is 0.791. The van der Waals surface area contributed by atoms with E-state index in [0.29, 0.717) is 5.92 Å². The van der Waals surface area contributed by atoms with E-state index >= 15 is 0 Å². The molecule has 1 saturated carbocycles. The number of aliphatic hydroxyl groups excluding tert-OH is 1. The Morgan fingerprint density at radius 1 is 1.64 bits per heavy atom. The van der Waals surface area contributed by atoms with Gasteiger partial charge in [0.25, 0.3) is 0 Å². The van der Waals surface area contributed by atoms with Gasteiger partial charge in [0.05, 0.1) is 17.3 Å². The second-order valence-electron chi connectivity index (χ2n) is 3.98. The molecule has 1 aliphatic carbocycles. The largest absolute Gasteiger partial charge is 0.393 e. The van der Waals surface area contributed by atoms with Crippen molar-refractivity contribution in [2.24, 2.45) is 5.92 Å². The van der Waals surface area contributed by atoms with Crippen LogP contribution in [0.4, 0.5) is 0 Å². The first-order valence-corrected chi connectivity index (χ1v) is 5.91. The number of aliphatic hydroxyl groups is 1. The number of aromatic nitrogens is 1. The number of nitrogens with one attached hydrogen (secondary N) is 1. The minimum absolute atomic E-state index is 0.0352. The number of thiazole rings is 1. The summed E-state index contributed by atoms with van der Waals surface area (Å²) in [6, 6.07) is 0. The molecule has 0 unspecified atom stereocenters. The Labute approximate surface area is 88.2 Å². The minimum atomic E-state index is -0.0352. The molecule has 2 N–H and O–H groups in total. The van der Waals surface area contributed by atoms with Gasteiger partial charge in [-0.15, -0.1) is 11.3 Å². The molecular formula is C10H16N2OS. The Hall–Kier alpha value is -0.450. The molecule has 0 saturated heterocycles. The predicted molar refractivity (Wildman–Crippen MR) is 57.3 cm³/mol. The topological polar surface area (TPSA) is 45.2 Å². The maximum absolute atomic E-state index is 9.11. The van der Waals surface area contributed by atoms with E-state index in [1.54, 1.807) is 11.3 Å². The molecule has 14 heavy (non-hydrogen) atoms. The molecule has 0 aliphatic heterocycles. The van der Waals surface area contributed by atoms with E-state index in [-0.39, 0.29) is 6.10 Å². The minimum Gasteiger partial charge on any atom is -0.393 e. The lowest BCUT2D eigenvalue weighted by Crippen LogP contribution is -2.35. The normalized spacial score (nSPS) is 26.1. The summed E-state index contributed by atoms with van der Waals surface area (Å²) in [6.07, 6.45) is 1.90. The van der Waals surface area contributed by atoms with Crippen LogP contribution in [0.5, 0.6) is 0 Å². The SMILES string of the molecule is Cc1ncsc1CNCC1CC(O)C1. The molecule has 0 spiro atoms. The van der Waals surface area contributed by atoms with Crippen LogP contribution in [0.1, 0.15) is 23.4 Å². The zero-order valence-corrected chi connectivity index (χ0v) is 9.18. The molecule has 2 rings (SSSR count). The van der Waals surface area contributed by atoms with Crippen LogP contribution in [0.3, 0.4) is 0 Å². The second kappa shape index (κ2) is 4.38. The van der Waals surface area contributed by atoms with Crippen molar-refractivity contribution in [3.05, 3.63) is 16.1 Å². The van der Waals surface area contributed by atoms with Gasteiger partial charge in [0.1, 0.15) is 0 Å². The Balaban J connectivity index is 1.66. The molecule has 1 aromatic rings. The Kier molecular flexibility index (Phi) is 3.15. The van der Waals surface area contributed by atoms with Crippen LogP contribution in [-0.2, 0) is 6.54 Å². The fraction of sp³-hybridized carbons (Fsp3) is 0.700. The molecule has 0 aromatic carbocycles. The third-order valence-corrected chi connectivity index (χ3v) is 3.71. The highest BCUT2D eigenvalue weighted by Crippen LogP contribution is 2.26. The summed E-state index contributed by atoms with van der Waals surface area (Å²) in [4.78, 5) is 5.52. The average Bonchev–Trinajstić information content (AvgIpc) is 2.49. The van der Waals surface area contributed by atoms with Crippen molar-refractivity contribution in [1.29, 1.82) is 0 Å². The molecule has 1 aromatic heterocycles. The van der Waals surface area contributed by atoms with Gasteiger partial charge in [-0.05, 0) is 32.2 Å². The highest BCUT2D eigenvalue weighted by molar-refractivity contribution is 7.09. The van der Waals surface area contributed by atoms with Crippen molar-refractivity contribution in [2.45, 2.75) is 32.4 Å². The van der Waals surface area contributed by atoms with Gasteiger partial charge in [-0.1, -0.05) is 0 Å². The van der Waals surface area contributed by atoms with E-state index in [1.165, 1.54) is 4.88 Å². The highest BCUT2D eigenvalue weighted by Gasteiger charge is 2.26. The van der Waals surface area contributed by atoms with Gasteiger partial charge >= 0.3 is 0 Å². The monoisotopic (exact) mass is 212 g/mol. The standard InChI is InChI=1S/C10H16N2OS/c1-7-10(14-6-12-7)5-11-4-8-2-9(13)3-8/h6,8-9,11,13H,2-5H2,1H3. The lowest BCUT2D eigenvalue weighted by Gasteiger charge is -2.31. The van der Waals surface area contributed by atoms with Gasteiger partial charge in [-0.25, -0.2) is 4.98 Å². The Bertz CT molecular complexity index is 294. The van der Waals surface area contributed by atoms with Crippen LogP contribution in [0.2, 0.25) is 0 Å². The molecule has 4 heteroatoms. The van der Waals surface area contributed by atoms with E-state index in [4.69, 9.17) is 5.11 Å². The second-order valence-corrected chi connectivity index (χ2v) is 4.92. The Morgan fingerprint density at radius 3 is 3.00 bits per heavy atom. The van der Waals surface area contributed by atoms with Crippen LogP contribution in [-0.4, -0.2) is 22.7 Å². The molecule has 0 bridgehead atoms. The number of rotatable bonds is 4. The fourth-order valence-electron chi connectivity index (χ4n) is 1.75. The summed E-state index contributed by atoms with van der Waals surface area (Å²) in [7, 11) is 0. The molecular weight excluding hydrogens is 196 g/mol. The summed E-state index contributed by atoms with van der Waals surface area (Å²) < 4.78 is 0. The van der Waals surface area contributed by atoms with Crippen molar-refractivity contribution in [1.82, 2.24) is 10.3 Å². The number of aryl methyl sites for hydroxylation is 1. The molecule has 1 heterocycles. The molecule has 3 nitrogen and oxygen atoms in total. The first kappa shape index (κ1) is 10.1. The third kappa shape index (κ3) is 2.32. The van der Waals surface area contributed by atoms with Gasteiger partial charge in [-0.3, -0.25) is 0 Å².